The van der Waals surface area contributed by atoms with Gasteiger partial charge in [0.1, 0.15) is 5.82 Å². The predicted octanol–water partition coefficient (Wildman–Crippen LogP) is 2.87. The Morgan fingerprint density at radius 2 is 1.75 bits per heavy atom. The molecule has 0 radical (unpaired) electrons. The lowest BCUT2D eigenvalue weighted by Crippen LogP contribution is -2.42. The van der Waals surface area contributed by atoms with Gasteiger partial charge in [0.25, 0.3) is 0 Å². The van der Waals surface area contributed by atoms with Gasteiger partial charge in [0.2, 0.25) is 5.91 Å². The summed E-state index contributed by atoms with van der Waals surface area (Å²) in [6.45, 7) is 10.2. The Labute approximate surface area is 167 Å². The highest BCUT2D eigenvalue weighted by Crippen LogP contribution is 2.22. The van der Waals surface area contributed by atoms with Crippen LogP contribution in [0.4, 0.5) is 10.6 Å². The van der Waals surface area contributed by atoms with E-state index in [-0.39, 0.29) is 23.3 Å². The second-order valence-electron chi connectivity index (χ2n) is 8.66. The molecule has 7 nitrogen and oxygen atoms in total. The topological polar surface area (TPSA) is 74.8 Å². The lowest BCUT2D eigenvalue weighted by molar-refractivity contribution is -0.138. The third-order valence-corrected chi connectivity index (χ3v) is 5.53. The lowest BCUT2D eigenvalue weighted by atomic mass is 9.88. The van der Waals surface area contributed by atoms with Crippen LogP contribution in [0.3, 0.4) is 0 Å². The molecule has 2 aliphatic rings. The second-order valence-corrected chi connectivity index (χ2v) is 8.66. The molecule has 3 amide bonds. The van der Waals surface area contributed by atoms with E-state index < -0.39 is 0 Å². The molecule has 28 heavy (non-hydrogen) atoms. The zero-order valence-electron chi connectivity index (χ0n) is 17.2. The number of nitrogens with zero attached hydrogens (tertiary/aromatic N) is 3. The Kier molecular flexibility index (Phi) is 6.54. The Hall–Kier alpha value is -2.15. The van der Waals surface area contributed by atoms with Crippen LogP contribution in [0.2, 0.25) is 0 Å². The van der Waals surface area contributed by atoms with Gasteiger partial charge in [-0.25, -0.2) is 9.78 Å². The first kappa shape index (κ1) is 20.6. The van der Waals surface area contributed by atoms with E-state index in [0.29, 0.717) is 45.2 Å². The van der Waals surface area contributed by atoms with Crippen molar-refractivity contribution in [3.8, 4) is 0 Å². The van der Waals surface area contributed by atoms with Crippen molar-refractivity contribution < 1.29 is 14.3 Å². The maximum absolute atomic E-state index is 12.7. The number of pyridine rings is 1. The minimum absolute atomic E-state index is 0.0286. The summed E-state index contributed by atoms with van der Waals surface area (Å²) in [7, 11) is 0. The third-order valence-electron chi connectivity index (χ3n) is 5.53. The smallest absolute Gasteiger partial charge is 0.323 e. The molecule has 1 aromatic rings. The number of hydrogen-bond donors (Lipinski definition) is 1. The molecule has 0 saturated carbocycles. The largest absolute Gasteiger partial charge is 0.381 e. The van der Waals surface area contributed by atoms with Crippen LogP contribution in [0.25, 0.3) is 0 Å². The SMILES string of the molecule is CC(C)(C)c1ccc(NC(=O)N2CCCN(C(=O)C3CCOCC3)CC2)nc1. The molecular formula is C21H32N4O3. The summed E-state index contributed by atoms with van der Waals surface area (Å²) in [5.74, 6) is 0.835. The monoisotopic (exact) mass is 388 g/mol. The average molecular weight is 389 g/mol. The van der Waals surface area contributed by atoms with Crippen molar-refractivity contribution in [3.05, 3.63) is 23.9 Å². The van der Waals surface area contributed by atoms with Crippen LogP contribution in [-0.4, -0.2) is 66.1 Å². The summed E-state index contributed by atoms with van der Waals surface area (Å²) < 4.78 is 5.36. The second kappa shape index (κ2) is 8.90. The van der Waals surface area contributed by atoms with Gasteiger partial charge >= 0.3 is 6.03 Å². The maximum Gasteiger partial charge on any atom is 0.323 e. The molecule has 2 aliphatic heterocycles. The standard InChI is InChI=1S/C21H32N4O3/c1-21(2,3)17-5-6-18(22-15-17)23-20(27)25-10-4-9-24(11-12-25)19(26)16-7-13-28-14-8-16/h5-6,15-16H,4,7-14H2,1-3H3,(H,22,23,27). The number of carbonyl (C=O) groups is 2. The van der Waals surface area contributed by atoms with Crippen LogP contribution in [0.15, 0.2) is 18.3 Å². The normalized spacial score (nSPS) is 19.2. The molecule has 0 unspecified atom stereocenters. The van der Waals surface area contributed by atoms with E-state index in [1.807, 2.05) is 23.2 Å². The summed E-state index contributed by atoms with van der Waals surface area (Å²) >= 11 is 0. The van der Waals surface area contributed by atoms with Crippen LogP contribution in [-0.2, 0) is 14.9 Å². The van der Waals surface area contributed by atoms with Crippen LogP contribution >= 0.6 is 0 Å². The number of aromatic nitrogens is 1. The van der Waals surface area contributed by atoms with Crippen molar-refractivity contribution in [3.63, 3.8) is 0 Å². The number of urea groups is 1. The van der Waals surface area contributed by atoms with Gasteiger partial charge in [0.15, 0.2) is 0 Å². The minimum Gasteiger partial charge on any atom is -0.381 e. The Bertz CT molecular complexity index is 678. The van der Waals surface area contributed by atoms with Crippen molar-refractivity contribution in [2.75, 3.05) is 44.7 Å². The van der Waals surface area contributed by atoms with Crippen molar-refractivity contribution in [1.82, 2.24) is 14.8 Å². The first-order valence-electron chi connectivity index (χ1n) is 10.2. The minimum atomic E-state index is -0.156. The van der Waals surface area contributed by atoms with Crippen molar-refractivity contribution in [2.24, 2.45) is 5.92 Å². The molecule has 2 saturated heterocycles. The number of amides is 3. The molecule has 0 atom stereocenters. The zero-order chi connectivity index (χ0) is 20.1. The fourth-order valence-corrected chi connectivity index (χ4v) is 3.64. The third kappa shape index (κ3) is 5.22. The highest BCUT2D eigenvalue weighted by molar-refractivity contribution is 5.88. The van der Waals surface area contributed by atoms with Gasteiger partial charge < -0.3 is 14.5 Å². The Morgan fingerprint density at radius 1 is 1.07 bits per heavy atom. The first-order chi connectivity index (χ1) is 13.3. The molecule has 7 heteroatoms. The summed E-state index contributed by atoms with van der Waals surface area (Å²) in [6, 6.07) is 3.69. The fraction of sp³-hybridized carbons (Fsp3) is 0.667. The quantitative estimate of drug-likeness (QED) is 0.845. The van der Waals surface area contributed by atoms with E-state index in [0.717, 1.165) is 24.8 Å². The number of nitrogens with one attached hydrogen (secondary N) is 1. The average Bonchev–Trinajstić information content (AvgIpc) is 2.94. The van der Waals surface area contributed by atoms with Gasteiger partial charge in [-0.3, -0.25) is 10.1 Å². The molecule has 0 spiro atoms. The highest BCUT2D eigenvalue weighted by Gasteiger charge is 2.28. The van der Waals surface area contributed by atoms with Crippen LogP contribution < -0.4 is 5.32 Å². The molecule has 3 heterocycles. The van der Waals surface area contributed by atoms with Crippen molar-refractivity contribution in [2.45, 2.75) is 45.4 Å². The molecule has 154 valence electrons. The number of rotatable bonds is 2. The number of carbonyl (C=O) groups excluding carboxylic acids is 2. The Balaban J connectivity index is 1.53. The van der Waals surface area contributed by atoms with Gasteiger partial charge in [-0.2, -0.15) is 0 Å². The molecule has 0 aromatic carbocycles. The van der Waals surface area contributed by atoms with Crippen LogP contribution in [0.5, 0.6) is 0 Å². The van der Waals surface area contributed by atoms with E-state index in [1.165, 1.54) is 0 Å². The van der Waals surface area contributed by atoms with Crippen LogP contribution in [0, 0.1) is 5.92 Å². The number of ether oxygens (including phenoxy) is 1. The van der Waals surface area contributed by atoms with Gasteiger partial charge in [0.05, 0.1) is 0 Å². The zero-order valence-corrected chi connectivity index (χ0v) is 17.2. The molecule has 3 rings (SSSR count). The van der Waals surface area contributed by atoms with Crippen molar-refractivity contribution in [1.29, 1.82) is 0 Å². The molecule has 2 fully saturated rings. The van der Waals surface area contributed by atoms with Gasteiger partial charge in [-0.05, 0) is 36.3 Å². The summed E-state index contributed by atoms with van der Waals surface area (Å²) in [4.78, 5) is 33.4. The summed E-state index contributed by atoms with van der Waals surface area (Å²) in [6.07, 6.45) is 4.20. The van der Waals surface area contributed by atoms with Gasteiger partial charge in [0, 0.05) is 51.5 Å². The van der Waals surface area contributed by atoms with Crippen LogP contribution in [0.1, 0.15) is 45.6 Å². The molecule has 1 N–H and O–H groups in total. The highest BCUT2D eigenvalue weighted by atomic mass is 16.5. The maximum atomic E-state index is 12.7. The number of hydrogen-bond acceptors (Lipinski definition) is 4. The lowest BCUT2D eigenvalue weighted by Gasteiger charge is -2.28. The molecule has 0 aliphatic carbocycles. The Morgan fingerprint density at radius 3 is 2.39 bits per heavy atom. The van der Waals surface area contributed by atoms with Gasteiger partial charge in [-0.1, -0.05) is 26.8 Å². The first-order valence-corrected chi connectivity index (χ1v) is 10.2. The number of anilines is 1. The molecular weight excluding hydrogens is 356 g/mol. The molecule has 0 bridgehead atoms. The van der Waals surface area contributed by atoms with Gasteiger partial charge in [-0.15, -0.1) is 0 Å². The van der Waals surface area contributed by atoms with E-state index in [2.05, 4.69) is 31.1 Å². The van der Waals surface area contributed by atoms with E-state index in [4.69, 9.17) is 4.74 Å². The summed E-state index contributed by atoms with van der Waals surface area (Å²) in [5.41, 5.74) is 1.16. The van der Waals surface area contributed by atoms with E-state index in [1.54, 1.807) is 4.90 Å². The van der Waals surface area contributed by atoms with E-state index >= 15 is 0 Å². The molecule has 1 aromatic heterocycles. The fourth-order valence-electron chi connectivity index (χ4n) is 3.64. The predicted molar refractivity (Wildman–Crippen MR) is 108 cm³/mol. The van der Waals surface area contributed by atoms with E-state index in [9.17, 15) is 9.59 Å². The van der Waals surface area contributed by atoms with Crippen molar-refractivity contribution >= 4 is 17.8 Å². The summed E-state index contributed by atoms with van der Waals surface area (Å²) in [5, 5.41) is 2.88.